The zero-order chi connectivity index (χ0) is 32.7. The van der Waals surface area contributed by atoms with E-state index in [0.717, 1.165) is 53.4 Å². The molecule has 0 radical (unpaired) electrons. The SMILES string of the molecule is CN[C@H](Cc1ccccc1)C(=O)N[C@@H]1C(=O)N2[C@@H](CCC1CC[N+](C)(C)C)CC[C@H]2C(=O)NC(c1ccccc1)c1ccccc1. The number of benzene rings is 3. The lowest BCUT2D eigenvalue weighted by Gasteiger charge is -2.34. The Balaban J connectivity index is 1.39. The van der Waals surface area contributed by atoms with E-state index in [-0.39, 0.29) is 35.7 Å². The van der Waals surface area contributed by atoms with Crippen molar-refractivity contribution in [3.05, 3.63) is 108 Å². The standard InChI is InChI=1S/C38H49N5O3/c1-39-32(26-27-14-8-5-9-15-27)36(44)41-35-30(24-25-43(2,3)4)20-21-31-22-23-33(42(31)38(35)46)37(45)40-34(28-16-10-6-11-17-28)29-18-12-7-13-19-29/h5-19,30-35,39H,20-26H2,1-4H3,(H-,40,41,44,45)/p+1/t30?,31-,32+,33-,35-/m0/s1. The summed E-state index contributed by atoms with van der Waals surface area (Å²) in [5.41, 5.74) is 3.02. The molecule has 2 saturated heterocycles. The summed E-state index contributed by atoms with van der Waals surface area (Å²) in [6.07, 6.45) is 4.36. The molecule has 244 valence electrons. The summed E-state index contributed by atoms with van der Waals surface area (Å²) >= 11 is 0. The van der Waals surface area contributed by atoms with E-state index < -0.39 is 18.1 Å². The molecule has 5 rings (SSSR count). The highest BCUT2D eigenvalue weighted by Crippen LogP contribution is 2.36. The fourth-order valence-electron chi connectivity index (χ4n) is 7.05. The molecule has 0 aromatic heterocycles. The van der Waals surface area contributed by atoms with E-state index in [9.17, 15) is 14.4 Å². The van der Waals surface area contributed by atoms with Gasteiger partial charge in [-0.3, -0.25) is 14.4 Å². The Morgan fingerprint density at radius 2 is 1.39 bits per heavy atom. The lowest BCUT2D eigenvalue weighted by Crippen LogP contribution is -2.59. The minimum atomic E-state index is -0.692. The zero-order valence-corrected chi connectivity index (χ0v) is 27.7. The minimum Gasteiger partial charge on any atom is -0.343 e. The molecular formula is C38H50N5O3+. The first-order valence-corrected chi connectivity index (χ1v) is 16.7. The van der Waals surface area contributed by atoms with Gasteiger partial charge < -0.3 is 25.3 Å². The Hall–Kier alpha value is -4.01. The lowest BCUT2D eigenvalue weighted by atomic mass is 9.89. The molecule has 2 aliphatic heterocycles. The van der Waals surface area contributed by atoms with E-state index in [1.165, 1.54) is 0 Å². The fourth-order valence-corrected chi connectivity index (χ4v) is 7.05. The van der Waals surface area contributed by atoms with Crippen LogP contribution < -0.4 is 16.0 Å². The second-order valence-electron chi connectivity index (χ2n) is 13.9. The summed E-state index contributed by atoms with van der Waals surface area (Å²) in [6.45, 7) is 0.883. The van der Waals surface area contributed by atoms with Crippen LogP contribution >= 0.6 is 0 Å². The van der Waals surface area contributed by atoms with E-state index in [2.05, 4.69) is 37.1 Å². The van der Waals surface area contributed by atoms with E-state index in [0.29, 0.717) is 12.8 Å². The molecular weight excluding hydrogens is 574 g/mol. The molecule has 8 heteroatoms. The molecule has 2 fully saturated rings. The number of likely N-dealkylation sites (N-methyl/N-ethyl adjacent to an activating group) is 1. The van der Waals surface area contributed by atoms with Gasteiger partial charge in [-0.15, -0.1) is 0 Å². The number of quaternary nitrogens is 1. The Labute approximate surface area is 274 Å². The molecule has 2 aliphatic rings. The number of carbonyl (C=O) groups is 3. The fraction of sp³-hybridized carbons (Fsp3) is 0.447. The smallest absolute Gasteiger partial charge is 0.246 e. The van der Waals surface area contributed by atoms with Gasteiger partial charge in [0, 0.05) is 12.5 Å². The number of nitrogens with one attached hydrogen (secondary N) is 3. The molecule has 8 nitrogen and oxygen atoms in total. The molecule has 2 heterocycles. The topological polar surface area (TPSA) is 90.5 Å². The minimum absolute atomic E-state index is 0.0151. The Bertz CT molecular complexity index is 1400. The number of fused-ring (bicyclic) bond motifs is 1. The van der Waals surface area contributed by atoms with Crippen LogP contribution in [0.3, 0.4) is 0 Å². The monoisotopic (exact) mass is 624 g/mol. The van der Waals surface area contributed by atoms with Gasteiger partial charge in [-0.2, -0.15) is 0 Å². The highest BCUT2D eigenvalue weighted by atomic mass is 16.2. The quantitative estimate of drug-likeness (QED) is 0.265. The number of rotatable bonds is 12. The van der Waals surface area contributed by atoms with Gasteiger partial charge in [0.2, 0.25) is 17.7 Å². The van der Waals surface area contributed by atoms with Crippen molar-refractivity contribution < 1.29 is 18.9 Å². The molecule has 0 spiro atoms. The van der Waals surface area contributed by atoms with Gasteiger partial charge in [0.05, 0.1) is 39.8 Å². The van der Waals surface area contributed by atoms with Crippen LogP contribution in [-0.4, -0.2) is 86.0 Å². The Morgan fingerprint density at radius 1 is 0.826 bits per heavy atom. The van der Waals surface area contributed by atoms with Crippen LogP contribution in [0.2, 0.25) is 0 Å². The molecule has 46 heavy (non-hydrogen) atoms. The van der Waals surface area contributed by atoms with Gasteiger partial charge >= 0.3 is 0 Å². The largest absolute Gasteiger partial charge is 0.343 e. The second kappa shape index (κ2) is 15.1. The van der Waals surface area contributed by atoms with Crippen LogP contribution in [0.4, 0.5) is 0 Å². The molecule has 1 unspecified atom stereocenters. The molecule has 3 aromatic carbocycles. The van der Waals surface area contributed by atoms with Crippen molar-refractivity contribution in [3.8, 4) is 0 Å². The molecule has 5 atom stereocenters. The Kier molecular flexibility index (Phi) is 10.9. The third-order valence-electron chi connectivity index (χ3n) is 9.64. The number of hydrogen-bond donors (Lipinski definition) is 3. The Morgan fingerprint density at radius 3 is 1.96 bits per heavy atom. The lowest BCUT2D eigenvalue weighted by molar-refractivity contribution is -0.871. The van der Waals surface area contributed by atoms with Crippen LogP contribution in [0.1, 0.15) is 54.8 Å². The third kappa shape index (κ3) is 8.22. The van der Waals surface area contributed by atoms with Gasteiger partial charge in [0.15, 0.2) is 0 Å². The number of nitrogens with zero attached hydrogens (tertiary/aromatic N) is 2. The van der Waals surface area contributed by atoms with Gasteiger partial charge in [-0.1, -0.05) is 91.0 Å². The van der Waals surface area contributed by atoms with Crippen molar-refractivity contribution in [1.82, 2.24) is 20.9 Å². The van der Waals surface area contributed by atoms with Gasteiger partial charge in [-0.25, -0.2) is 0 Å². The summed E-state index contributed by atoms with van der Waals surface area (Å²) in [4.78, 5) is 44.4. The highest BCUT2D eigenvalue weighted by Gasteiger charge is 2.48. The maximum absolute atomic E-state index is 14.6. The van der Waals surface area contributed by atoms with E-state index in [1.807, 2.05) is 95.9 Å². The molecule has 3 N–H and O–H groups in total. The molecule has 0 bridgehead atoms. The van der Waals surface area contributed by atoms with Crippen molar-refractivity contribution in [2.45, 2.75) is 68.7 Å². The molecule has 0 aliphatic carbocycles. The average molecular weight is 625 g/mol. The van der Waals surface area contributed by atoms with Crippen molar-refractivity contribution in [1.29, 1.82) is 0 Å². The normalized spacial score (nSPS) is 22.2. The van der Waals surface area contributed by atoms with Crippen LogP contribution in [0.15, 0.2) is 91.0 Å². The van der Waals surface area contributed by atoms with Crippen LogP contribution in [-0.2, 0) is 20.8 Å². The van der Waals surface area contributed by atoms with E-state index in [1.54, 1.807) is 7.05 Å². The molecule has 0 saturated carbocycles. The summed E-state index contributed by atoms with van der Waals surface area (Å²) in [6, 6.07) is 27.7. The summed E-state index contributed by atoms with van der Waals surface area (Å²) in [5.74, 6) is -0.489. The first-order valence-electron chi connectivity index (χ1n) is 16.7. The average Bonchev–Trinajstić information content (AvgIpc) is 3.44. The van der Waals surface area contributed by atoms with Crippen molar-refractivity contribution >= 4 is 17.7 Å². The van der Waals surface area contributed by atoms with Crippen LogP contribution in [0, 0.1) is 5.92 Å². The number of amides is 3. The predicted molar refractivity (Wildman–Crippen MR) is 182 cm³/mol. The van der Waals surface area contributed by atoms with Gasteiger partial charge in [-0.05, 0) is 61.8 Å². The van der Waals surface area contributed by atoms with E-state index >= 15 is 0 Å². The highest BCUT2D eigenvalue weighted by molar-refractivity contribution is 5.94. The second-order valence-corrected chi connectivity index (χ2v) is 13.9. The summed E-state index contributed by atoms with van der Waals surface area (Å²) < 4.78 is 0.775. The van der Waals surface area contributed by atoms with Gasteiger partial charge in [0.1, 0.15) is 12.1 Å². The van der Waals surface area contributed by atoms with Gasteiger partial charge in [0.25, 0.3) is 0 Å². The zero-order valence-electron chi connectivity index (χ0n) is 27.7. The summed E-state index contributed by atoms with van der Waals surface area (Å²) in [5, 5.41) is 9.66. The number of carbonyl (C=O) groups excluding carboxylic acids is 3. The van der Waals surface area contributed by atoms with Crippen LogP contribution in [0.5, 0.6) is 0 Å². The van der Waals surface area contributed by atoms with Crippen molar-refractivity contribution in [3.63, 3.8) is 0 Å². The first kappa shape index (κ1) is 33.4. The maximum atomic E-state index is 14.6. The third-order valence-corrected chi connectivity index (χ3v) is 9.64. The van der Waals surface area contributed by atoms with E-state index in [4.69, 9.17) is 0 Å². The first-order chi connectivity index (χ1) is 22.1. The van der Waals surface area contributed by atoms with Crippen LogP contribution in [0.25, 0.3) is 0 Å². The summed E-state index contributed by atoms with van der Waals surface area (Å²) in [7, 11) is 8.23. The number of hydrogen-bond acceptors (Lipinski definition) is 4. The predicted octanol–water partition coefficient (Wildman–Crippen LogP) is 4.07. The maximum Gasteiger partial charge on any atom is 0.246 e. The molecule has 3 aromatic rings. The van der Waals surface area contributed by atoms with Crippen molar-refractivity contribution in [2.75, 3.05) is 34.7 Å². The molecule has 3 amide bonds. The van der Waals surface area contributed by atoms with Crippen molar-refractivity contribution in [2.24, 2.45) is 5.92 Å².